The van der Waals surface area contributed by atoms with Crippen LogP contribution in [0.3, 0.4) is 0 Å². The van der Waals surface area contributed by atoms with E-state index in [-0.39, 0.29) is 31.1 Å². The average Bonchev–Trinajstić information content (AvgIpc) is 3.19. The molecule has 0 bridgehead atoms. The van der Waals surface area contributed by atoms with E-state index in [9.17, 15) is 14.4 Å². The highest BCUT2D eigenvalue weighted by Crippen LogP contribution is 2.14. The lowest BCUT2D eigenvalue weighted by Crippen LogP contribution is -2.30. The van der Waals surface area contributed by atoms with E-state index in [1.807, 2.05) is 0 Å². The van der Waals surface area contributed by atoms with Crippen molar-refractivity contribution in [1.82, 2.24) is 0 Å². The van der Waals surface area contributed by atoms with Crippen LogP contribution < -0.4 is 0 Å². The number of hydrogen-bond donors (Lipinski definition) is 0. The Bertz CT molecular complexity index is 953. The van der Waals surface area contributed by atoms with E-state index >= 15 is 0 Å². The highest BCUT2D eigenvalue weighted by atomic mass is 16.6. The number of esters is 3. The van der Waals surface area contributed by atoms with E-state index in [1.54, 1.807) is 0 Å². The maximum atomic E-state index is 12.7. The first-order valence-electron chi connectivity index (χ1n) is 24.0. The van der Waals surface area contributed by atoms with Gasteiger partial charge in [0.1, 0.15) is 13.2 Å². The number of allylic oxidation sites excluding steroid dienone is 6. The van der Waals surface area contributed by atoms with Crippen molar-refractivity contribution in [3.63, 3.8) is 0 Å². The van der Waals surface area contributed by atoms with Gasteiger partial charge in [-0.15, -0.1) is 0 Å². The van der Waals surface area contributed by atoms with Crippen molar-refractivity contribution in [1.29, 1.82) is 0 Å². The zero-order valence-corrected chi connectivity index (χ0v) is 37.2. The van der Waals surface area contributed by atoms with Crippen molar-refractivity contribution in [3.05, 3.63) is 36.5 Å². The Morgan fingerprint density at radius 2 is 0.607 bits per heavy atom. The normalized spacial score (nSPS) is 12.3. The maximum absolute atomic E-state index is 12.7. The number of unbranched alkanes of at least 4 members (excludes halogenated alkanes) is 26. The van der Waals surface area contributed by atoms with Crippen LogP contribution in [0.2, 0.25) is 0 Å². The summed E-state index contributed by atoms with van der Waals surface area (Å²) in [5.74, 6) is -0.906. The van der Waals surface area contributed by atoms with Crippen LogP contribution in [0.15, 0.2) is 36.5 Å². The molecule has 0 saturated carbocycles. The molecule has 0 rings (SSSR count). The highest BCUT2D eigenvalue weighted by Gasteiger charge is 2.19. The largest absolute Gasteiger partial charge is 0.462 e. The summed E-state index contributed by atoms with van der Waals surface area (Å²) >= 11 is 0. The molecule has 0 aliphatic rings. The molecule has 6 nitrogen and oxygen atoms in total. The van der Waals surface area contributed by atoms with Crippen molar-refractivity contribution in [3.8, 4) is 0 Å². The molecule has 0 radical (unpaired) electrons. The predicted octanol–water partition coefficient (Wildman–Crippen LogP) is 15.4. The second-order valence-corrected chi connectivity index (χ2v) is 16.0. The quantitative estimate of drug-likeness (QED) is 0.0265. The van der Waals surface area contributed by atoms with Crippen LogP contribution in [0.25, 0.3) is 0 Å². The van der Waals surface area contributed by atoms with Gasteiger partial charge >= 0.3 is 17.9 Å². The molecule has 56 heavy (non-hydrogen) atoms. The highest BCUT2D eigenvalue weighted by molar-refractivity contribution is 5.71. The topological polar surface area (TPSA) is 78.9 Å². The molecule has 1 atom stereocenters. The molecule has 0 amide bonds. The van der Waals surface area contributed by atoms with Crippen LogP contribution in [-0.2, 0) is 28.6 Å². The molecular weight excluding hydrogens is 697 g/mol. The van der Waals surface area contributed by atoms with E-state index in [0.29, 0.717) is 19.3 Å². The Hall–Kier alpha value is -2.37. The monoisotopic (exact) mass is 787 g/mol. The van der Waals surface area contributed by atoms with Gasteiger partial charge in [0.15, 0.2) is 6.10 Å². The van der Waals surface area contributed by atoms with E-state index in [1.165, 1.54) is 122 Å². The van der Waals surface area contributed by atoms with Gasteiger partial charge in [-0.2, -0.15) is 0 Å². The van der Waals surface area contributed by atoms with Gasteiger partial charge in [0.2, 0.25) is 0 Å². The van der Waals surface area contributed by atoms with Gasteiger partial charge in [-0.05, 0) is 83.5 Å². The summed E-state index contributed by atoms with van der Waals surface area (Å²) in [6, 6.07) is 0. The number of carbonyl (C=O) groups excluding carboxylic acids is 3. The number of hydrogen-bond acceptors (Lipinski definition) is 6. The zero-order valence-electron chi connectivity index (χ0n) is 37.2. The molecule has 0 aromatic carbocycles. The molecule has 1 unspecified atom stereocenters. The van der Waals surface area contributed by atoms with E-state index in [4.69, 9.17) is 14.2 Å². The van der Waals surface area contributed by atoms with E-state index in [2.05, 4.69) is 57.2 Å². The van der Waals surface area contributed by atoms with Crippen LogP contribution >= 0.6 is 0 Å². The Morgan fingerprint density at radius 1 is 0.339 bits per heavy atom. The molecule has 0 heterocycles. The Labute approximate surface area is 346 Å². The number of ether oxygens (including phenoxy) is 3. The minimum absolute atomic E-state index is 0.0816. The summed E-state index contributed by atoms with van der Waals surface area (Å²) in [4.78, 5) is 37.8. The van der Waals surface area contributed by atoms with Crippen LogP contribution in [0.1, 0.15) is 245 Å². The third-order valence-electron chi connectivity index (χ3n) is 10.3. The smallest absolute Gasteiger partial charge is 0.306 e. The molecule has 0 fully saturated rings. The molecule has 326 valence electrons. The van der Waals surface area contributed by atoms with Crippen molar-refractivity contribution in [2.45, 2.75) is 252 Å². The lowest BCUT2D eigenvalue weighted by atomic mass is 10.1. The summed E-state index contributed by atoms with van der Waals surface area (Å²) in [6.45, 7) is 6.54. The first kappa shape index (κ1) is 53.6. The van der Waals surface area contributed by atoms with Gasteiger partial charge in [-0.25, -0.2) is 0 Å². The molecule has 0 aliphatic carbocycles. The molecule has 0 saturated heterocycles. The first-order valence-corrected chi connectivity index (χ1v) is 24.0. The fourth-order valence-electron chi connectivity index (χ4n) is 6.63. The fraction of sp³-hybridized carbons (Fsp3) is 0.820. The molecule has 6 heteroatoms. The summed E-state index contributed by atoms with van der Waals surface area (Å²) in [6.07, 6.45) is 51.2. The SMILES string of the molecule is CCCC/C=C\CCCCCCCC(=O)OCC(COC(=O)CCCCCCC/C=C\CCCCCCCCC)OC(=O)CCCCCCC/C=C\CCCC. The number of rotatable bonds is 43. The summed E-state index contributed by atoms with van der Waals surface area (Å²) in [5.41, 5.74) is 0. The Kier molecular flexibility index (Phi) is 43.4. The fourth-order valence-corrected chi connectivity index (χ4v) is 6.63. The van der Waals surface area contributed by atoms with Crippen molar-refractivity contribution < 1.29 is 28.6 Å². The summed E-state index contributed by atoms with van der Waals surface area (Å²) < 4.78 is 16.7. The van der Waals surface area contributed by atoms with Gasteiger partial charge in [-0.3, -0.25) is 14.4 Å². The summed E-state index contributed by atoms with van der Waals surface area (Å²) in [5, 5.41) is 0. The van der Waals surface area contributed by atoms with Gasteiger partial charge in [0.25, 0.3) is 0 Å². The maximum Gasteiger partial charge on any atom is 0.306 e. The minimum Gasteiger partial charge on any atom is -0.462 e. The Morgan fingerprint density at radius 3 is 0.946 bits per heavy atom. The second kappa shape index (κ2) is 45.3. The summed E-state index contributed by atoms with van der Waals surface area (Å²) in [7, 11) is 0. The van der Waals surface area contributed by atoms with Gasteiger partial charge in [-0.1, -0.05) is 179 Å². The average molecular weight is 787 g/mol. The zero-order chi connectivity index (χ0) is 40.8. The van der Waals surface area contributed by atoms with Crippen molar-refractivity contribution in [2.75, 3.05) is 13.2 Å². The van der Waals surface area contributed by atoms with Crippen LogP contribution in [0, 0.1) is 0 Å². The van der Waals surface area contributed by atoms with E-state index in [0.717, 1.165) is 83.5 Å². The third-order valence-corrected chi connectivity index (χ3v) is 10.3. The van der Waals surface area contributed by atoms with Crippen LogP contribution in [-0.4, -0.2) is 37.2 Å². The number of carbonyl (C=O) groups is 3. The minimum atomic E-state index is -0.779. The Balaban J connectivity index is 4.36. The molecule has 0 N–H and O–H groups in total. The van der Waals surface area contributed by atoms with Crippen molar-refractivity contribution >= 4 is 17.9 Å². The predicted molar refractivity (Wildman–Crippen MR) is 238 cm³/mol. The second-order valence-electron chi connectivity index (χ2n) is 16.0. The van der Waals surface area contributed by atoms with Crippen LogP contribution in [0.5, 0.6) is 0 Å². The lowest BCUT2D eigenvalue weighted by molar-refractivity contribution is -0.167. The standard InChI is InChI=1S/C50H90O6/c1-4-7-10-13-16-19-22-23-24-25-26-29-31-34-37-40-43-49(52)55-46-47(56-50(53)44-41-38-35-32-28-21-18-15-12-9-6-3)45-54-48(51)42-39-36-33-30-27-20-17-14-11-8-5-2/h14-15,17-18,24-25,47H,4-13,16,19-23,26-46H2,1-3H3/b17-14-,18-15-,25-24-. The van der Waals surface area contributed by atoms with Crippen molar-refractivity contribution in [2.24, 2.45) is 0 Å². The van der Waals surface area contributed by atoms with Gasteiger partial charge in [0, 0.05) is 19.3 Å². The van der Waals surface area contributed by atoms with Crippen LogP contribution in [0.4, 0.5) is 0 Å². The van der Waals surface area contributed by atoms with Gasteiger partial charge < -0.3 is 14.2 Å². The van der Waals surface area contributed by atoms with Gasteiger partial charge in [0.05, 0.1) is 0 Å². The molecule has 0 aromatic heterocycles. The third kappa shape index (κ3) is 42.8. The molecular formula is C50H90O6. The first-order chi connectivity index (χ1) is 27.5. The molecule has 0 spiro atoms. The van der Waals surface area contributed by atoms with E-state index < -0.39 is 6.10 Å². The molecule has 0 aliphatic heterocycles. The lowest BCUT2D eigenvalue weighted by Gasteiger charge is -2.18. The molecule has 0 aromatic rings.